The molecule has 17 heavy (non-hydrogen) atoms. The molecule has 0 saturated heterocycles. The second kappa shape index (κ2) is 5.31. The van der Waals surface area contributed by atoms with Crippen molar-refractivity contribution in [2.24, 2.45) is 0 Å². The van der Waals surface area contributed by atoms with Gasteiger partial charge in [0, 0.05) is 31.7 Å². The van der Waals surface area contributed by atoms with E-state index in [9.17, 15) is 4.79 Å². The van der Waals surface area contributed by atoms with Crippen LogP contribution in [-0.4, -0.2) is 44.9 Å². The molecule has 5 nitrogen and oxygen atoms in total. The van der Waals surface area contributed by atoms with Crippen molar-refractivity contribution in [2.75, 3.05) is 13.2 Å². The van der Waals surface area contributed by atoms with Crippen LogP contribution in [0.5, 0.6) is 0 Å². The molecule has 0 spiro atoms. The summed E-state index contributed by atoms with van der Waals surface area (Å²) in [5.41, 5.74) is 1.10. The number of carbonyl (C=O) groups is 1. The highest BCUT2D eigenvalue weighted by Crippen LogP contribution is 2.27. The first-order valence-electron chi connectivity index (χ1n) is 6.10. The molecule has 1 aliphatic carbocycles. The normalized spacial score (nSPS) is 14.9. The van der Waals surface area contributed by atoms with Crippen LogP contribution in [0.2, 0.25) is 0 Å². The van der Waals surface area contributed by atoms with Crippen molar-refractivity contribution in [1.82, 2.24) is 14.7 Å². The third-order valence-electron chi connectivity index (χ3n) is 2.97. The summed E-state index contributed by atoms with van der Waals surface area (Å²) in [6.07, 6.45) is 6.33. The van der Waals surface area contributed by atoms with Crippen LogP contribution < -0.4 is 0 Å². The van der Waals surface area contributed by atoms with Gasteiger partial charge in [-0.2, -0.15) is 5.10 Å². The molecule has 0 unspecified atom stereocenters. The maximum atomic E-state index is 12.0. The van der Waals surface area contributed by atoms with Gasteiger partial charge in [0.15, 0.2) is 0 Å². The number of carbonyl (C=O) groups excluding carboxylic acids is 1. The van der Waals surface area contributed by atoms with Crippen LogP contribution >= 0.6 is 0 Å². The zero-order valence-corrected chi connectivity index (χ0v) is 10.2. The number of aliphatic hydroxyl groups excluding tert-OH is 1. The molecule has 1 fully saturated rings. The van der Waals surface area contributed by atoms with Crippen LogP contribution in [0.1, 0.15) is 24.8 Å². The van der Waals surface area contributed by atoms with Crippen LogP contribution in [0, 0.1) is 6.92 Å². The number of aryl methyl sites for hydroxylation is 2. The predicted molar refractivity (Wildman–Crippen MR) is 63.4 cm³/mol. The second-order valence-corrected chi connectivity index (χ2v) is 4.57. The van der Waals surface area contributed by atoms with Crippen molar-refractivity contribution in [1.29, 1.82) is 0 Å². The minimum atomic E-state index is 0.0448. The lowest BCUT2D eigenvalue weighted by atomic mass is 10.3. The summed E-state index contributed by atoms with van der Waals surface area (Å²) in [6, 6.07) is 0.369. The Bertz CT molecular complexity index is 385. The molecule has 1 aromatic heterocycles. The van der Waals surface area contributed by atoms with Crippen molar-refractivity contribution in [3.63, 3.8) is 0 Å². The van der Waals surface area contributed by atoms with Gasteiger partial charge in [-0.05, 0) is 25.3 Å². The Morgan fingerprint density at radius 3 is 2.94 bits per heavy atom. The third-order valence-corrected chi connectivity index (χ3v) is 2.97. The van der Waals surface area contributed by atoms with Crippen LogP contribution in [0.3, 0.4) is 0 Å². The van der Waals surface area contributed by atoms with Crippen LogP contribution in [0.4, 0.5) is 0 Å². The summed E-state index contributed by atoms with van der Waals surface area (Å²) in [5.74, 6) is 0.120. The predicted octanol–water partition coefficient (Wildman–Crippen LogP) is 0.565. The molecule has 0 aliphatic heterocycles. The molecule has 1 saturated carbocycles. The fourth-order valence-electron chi connectivity index (χ4n) is 1.95. The molecule has 94 valence electrons. The highest BCUT2D eigenvalue weighted by molar-refractivity contribution is 5.76. The van der Waals surface area contributed by atoms with Gasteiger partial charge in [-0.15, -0.1) is 0 Å². The lowest BCUT2D eigenvalue weighted by molar-refractivity contribution is -0.132. The molecular weight excluding hydrogens is 218 g/mol. The molecule has 0 aromatic carbocycles. The summed E-state index contributed by atoms with van der Waals surface area (Å²) in [6.45, 7) is 3.10. The first kappa shape index (κ1) is 12.1. The molecule has 0 radical (unpaired) electrons. The fourth-order valence-corrected chi connectivity index (χ4v) is 1.95. The van der Waals surface area contributed by atoms with Crippen molar-refractivity contribution < 1.29 is 9.90 Å². The Hall–Kier alpha value is -1.36. The largest absolute Gasteiger partial charge is 0.395 e. The van der Waals surface area contributed by atoms with E-state index in [0.717, 1.165) is 18.4 Å². The number of aromatic nitrogens is 2. The van der Waals surface area contributed by atoms with Crippen LogP contribution in [0.15, 0.2) is 12.4 Å². The zero-order chi connectivity index (χ0) is 12.3. The summed E-state index contributed by atoms with van der Waals surface area (Å²) >= 11 is 0. The van der Waals surface area contributed by atoms with Gasteiger partial charge in [0.2, 0.25) is 5.91 Å². The SMILES string of the molecule is Cc1cnn(CCC(=O)N(CCO)C2CC2)c1. The smallest absolute Gasteiger partial charge is 0.224 e. The molecule has 1 N–H and O–H groups in total. The van der Waals surface area contributed by atoms with Crippen molar-refractivity contribution in [3.8, 4) is 0 Å². The van der Waals surface area contributed by atoms with E-state index < -0.39 is 0 Å². The fraction of sp³-hybridized carbons (Fsp3) is 0.667. The summed E-state index contributed by atoms with van der Waals surface area (Å²) < 4.78 is 1.79. The van der Waals surface area contributed by atoms with Crippen LogP contribution in [0.25, 0.3) is 0 Å². The van der Waals surface area contributed by atoms with E-state index in [2.05, 4.69) is 5.10 Å². The molecule has 5 heteroatoms. The minimum absolute atomic E-state index is 0.0448. The first-order valence-corrected chi connectivity index (χ1v) is 6.10. The topological polar surface area (TPSA) is 58.4 Å². The van der Waals surface area contributed by atoms with E-state index in [0.29, 0.717) is 25.6 Å². The summed E-state index contributed by atoms with van der Waals surface area (Å²) in [7, 11) is 0. The van der Waals surface area contributed by atoms with Gasteiger partial charge in [-0.1, -0.05) is 0 Å². The van der Waals surface area contributed by atoms with Gasteiger partial charge in [0.25, 0.3) is 0 Å². The van der Waals surface area contributed by atoms with E-state index in [1.165, 1.54) is 0 Å². The number of rotatable bonds is 6. The van der Waals surface area contributed by atoms with Gasteiger partial charge in [-0.3, -0.25) is 9.48 Å². The third kappa shape index (κ3) is 3.30. The van der Waals surface area contributed by atoms with Gasteiger partial charge < -0.3 is 10.0 Å². The molecule has 1 aliphatic rings. The van der Waals surface area contributed by atoms with E-state index >= 15 is 0 Å². The lowest BCUT2D eigenvalue weighted by Crippen LogP contribution is -2.35. The van der Waals surface area contributed by atoms with Gasteiger partial charge in [0.05, 0.1) is 12.8 Å². The van der Waals surface area contributed by atoms with Gasteiger partial charge in [0.1, 0.15) is 0 Å². The molecule has 0 atom stereocenters. The standard InChI is InChI=1S/C12H19N3O2/c1-10-8-13-14(9-10)5-4-12(17)15(6-7-16)11-2-3-11/h8-9,11,16H,2-7H2,1H3. The highest BCUT2D eigenvalue weighted by atomic mass is 16.3. The van der Waals surface area contributed by atoms with Gasteiger partial charge in [-0.25, -0.2) is 0 Å². The Balaban J connectivity index is 1.82. The summed E-state index contributed by atoms with van der Waals surface area (Å²) in [5, 5.41) is 13.1. The number of aliphatic hydroxyl groups is 1. The number of hydrogen-bond donors (Lipinski definition) is 1. The highest BCUT2D eigenvalue weighted by Gasteiger charge is 2.31. The first-order chi connectivity index (χ1) is 8.20. The number of hydrogen-bond acceptors (Lipinski definition) is 3. The monoisotopic (exact) mass is 237 g/mol. The quantitative estimate of drug-likeness (QED) is 0.786. The molecular formula is C12H19N3O2. The van der Waals surface area contributed by atoms with E-state index in [1.54, 1.807) is 15.8 Å². The Morgan fingerprint density at radius 1 is 1.65 bits per heavy atom. The average molecular weight is 237 g/mol. The average Bonchev–Trinajstić information content (AvgIpc) is 3.06. The molecule has 0 bridgehead atoms. The number of nitrogens with zero attached hydrogens (tertiary/aromatic N) is 3. The minimum Gasteiger partial charge on any atom is -0.395 e. The molecule has 1 aromatic rings. The van der Waals surface area contributed by atoms with Crippen LogP contribution in [-0.2, 0) is 11.3 Å². The Kier molecular flexibility index (Phi) is 3.78. The van der Waals surface area contributed by atoms with Crippen molar-refractivity contribution in [3.05, 3.63) is 18.0 Å². The van der Waals surface area contributed by atoms with E-state index in [1.807, 2.05) is 13.1 Å². The second-order valence-electron chi connectivity index (χ2n) is 4.57. The maximum Gasteiger partial charge on any atom is 0.224 e. The molecule has 2 rings (SSSR count). The van der Waals surface area contributed by atoms with E-state index in [4.69, 9.17) is 5.11 Å². The molecule has 1 amide bonds. The molecule has 1 heterocycles. The van der Waals surface area contributed by atoms with Crippen molar-refractivity contribution in [2.45, 2.75) is 38.8 Å². The maximum absolute atomic E-state index is 12.0. The Labute approximate surface area is 101 Å². The van der Waals surface area contributed by atoms with Gasteiger partial charge >= 0.3 is 0 Å². The van der Waals surface area contributed by atoms with Crippen molar-refractivity contribution >= 4 is 5.91 Å². The Morgan fingerprint density at radius 2 is 2.41 bits per heavy atom. The van der Waals surface area contributed by atoms with E-state index in [-0.39, 0.29) is 12.5 Å². The lowest BCUT2D eigenvalue weighted by Gasteiger charge is -2.21. The number of amides is 1. The zero-order valence-electron chi connectivity index (χ0n) is 10.2. The summed E-state index contributed by atoms with van der Waals surface area (Å²) in [4.78, 5) is 13.8.